The Kier molecular flexibility index (Phi) is 3.90. The second kappa shape index (κ2) is 5.66. The minimum atomic E-state index is -0.172. The van der Waals surface area contributed by atoms with Crippen LogP contribution in [0.25, 0.3) is 0 Å². The van der Waals surface area contributed by atoms with Crippen LogP contribution >= 0.6 is 15.9 Å². The summed E-state index contributed by atoms with van der Waals surface area (Å²) in [5, 5.41) is 0. The highest BCUT2D eigenvalue weighted by atomic mass is 79.9. The van der Waals surface area contributed by atoms with Crippen molar-refractivity contribution in [1.82, 2.24) is 4.90 Å². The molecule has 0 N–H and O–H groups in total. The molecule has 0 aromatic heterocycles. The summed E-state index contributed by atoms with van der Waals surface area (Å²) >= 11 is 3.63. The maximum Gasteiger partial charge on any atom is 0.123 e. The van der Waals surface area contributed by atoms with Crippen molar-refractivity contribution < 1.29 is 4.39 Å². The van der Waals surface area contributed by atoms with Crippen LogP contribution in [0.2, 0.25) is 0 Å². The zero-order valence-electron chi connectivity index (χ0n) is 11.4. The maximum absolute atomic E-state index is 13.0. The molecule has 0 radical (unpaired) electrons. The van der Waals surface area contributed by atoms with E-state index in [1.54, 1.807) is 12.1 Å². The van der Waals surface area contributed by atoms with Crippen LogP contribution in [0.3, 0.4) is 0 Å². The zero-order valence-corrected chi connectivity index (χ0v) is 13.0. The van der Waals surface area contributed by atoms with E-state index in [1.807, 2.05) is 12.1 Å². The summed E-state index contributed by atoms with van der Waals surface area (Å²) < 4.78 is 14.2. The first kappa shape index (κ1) is 13.8. The van der Waals surface area contributed by atoms with Gasteiger partial charge in [0.1, 0.15) is 5.82 Å². The highest BCUT2D eigenvalue weighted by Gasteiger charge is 2.22. The normalized spacial score (nSPS) is 16.8. The molecule has 1 unspecified atom stereocenters. The zero-order chi connectivity index (χ0) is 14.1. The third-order valence-corrected chi connectivity index (χ3v) is 4.88. The van der Waals surface area contributed by atoms with Crippen molar-refractivity contribution in [2.24, 2.45) is 0 Å². The molecule has 2 aromatic rings. The van der Waals surface area contributed by atoms with Crippen LogP contribution in [0.1, 0.15) is 29.7 Å². The molecule has 0 saturated heterocycles. The van der Waals surface area contributed by atoms with Crippen molar-refractivity contribution in [3.8, 4) is 0 Å². The van der Waals surface area contributed by atoms with Crippen LogP contribution in [0.15, 0.2) is 46.9 Å². The Labute approximate surface area is 127 Å². The first-order valence-corrected chi connectivity index (χ1v) is 7.70. The predicted molar refractivity (Wildman–Crippen MR) is 83.1 cm³/mol. The van der Waals surface area contributed by atoms with E-state index in [1.165, 1.54) is 21.2 Å². The van der Waals surface area contributed by atoms with Gasteiger partial charge in [-0.1, -0.05) is 40.2 Å². The van der Waals surface area contributed by atoms with Crippen LogP contribution in [0, 0.1) is 5.82 Å². The number of fused-ring (bicyclic) bond motifs is 1. The summed E-state index contributed by atoms with van der Waals surface area (Å²) in [6, 6.07) is 13.6. The van der Waals surface area contributed by atoms with Crippen LogP contribution in [-0.4, -0.2) is 11.4 Å². The average Bonchev–Trinajstić information content (AvgIpc) is 2.47. The lowest BCUT2D eigenvalue weighted by Crippen LogP contribution is -2.33. The number of hydrogen-bond acceptors (Lipinski definition) is 1. The highest BCUT2D eigenvalue weighted by molar-refractivity contribution is 9.10. The average molecular weight is 334 g/mol. The minimum Gasteiger partial charge on any atom is -0.292 e. The summed E-state index contributed by atoms with van der Waals surface area (Å²) in [6.45, 7) is 4.18. The van der Waals surface area contributed by atoms with Gasteiger partial charge < -0.3 is 0 Å². The standard InChI is InChI=1S/C17H17BrFN/c1-12(13-5-7-15(19)8-6-13)20-10-9-16-14(11-20)3-2-4-17(16)18/h2-8,12H,9-11H2,1H3. The van der Waals surface area contributed by atoms with Gasteiger partial charge in [0.2, 0.25) is 0 Å². The topological polar surface area (TPSA) is 3.24 Å². The fourth-order valence-corrected chi connectivity index (χ4v) is 3.47. The third kappa shape index (κ3) is 2.65. The molecule has 1 aliphatic rings. The molecule has 104 valence electrons. The molecule has 0 amide bonds. The Hall–Kier alpha value is -1.19. The van der Waals surface area contributed by atoms with E-state index in [9.17, 15) is 4.39 Å². The van der Waals surface area contributed by atoms with Gasteiger partial charge in [-0.15, -0.1) is 0 Å². The molecule has 3 rings (SSSR count). The first-order chi connectivity index (χ1) is 9.65. The van der Waals surface area contributed by atoms with E-state index < -0.39 is 0 Å². The molecule has 20 heavy (non-hydrogen) atoms. The maximum atomic E-state index is 13.0. The number of benzene rings is 2. The van der Waals surface area contributed by atoms with E-state index in [4.69, 9.17) is 0 Å². The van der Waals surface area contributed by atoms with Crippen molar-refractivity contribution in [3.05, 3.63) is 69.4 Å². The van der Waals surface area contributed by atoms with E-state index in [0.717, 1.165) is 19.5 Å². The van der Waals surface area contributed by atoms with Crippen LogP contribution in [-0.2, 0) is 13.0 Å². The first-order valence-electron chi connectivity index (χ1n) is 6.91. The fourth-order valence-electron chi connectivity index (χ4n) is 2.87. The summed E-state index contributed by atoms with van der Waals surface area (Å²) in [6.07, 6.45) is 1.06. The van der Waals surface area contributed by atoms with Crippen molar-refractivity contribution in [2.75, 3.05) is 6.54 Å². The molecule has 0 saturated carbocycles. The van der Waals surface area contributed by atoms with E-state index in [2.05, 4.69) is 46.0 Å². The van der Waals surface area contributed by atoms with E-state index in [-0.39, 0.29) is 5.82 Å². The number of halogens is 2. The SMILES string of the molecule is CC(c1ccc(F)cc1)N1CCc2c(Br)cccc2C1. The molecule has 0 bridgehead atoms. The van der Waals surface area contributed by atoms with Gasteiger partial charge in [-0.05, 0) is 48.2 Å². The van der Waals surface area contributed by atoms with Gasteiger partial charge in [0.25, 0.3) is 0 Å². The van der Waals surface area contributed by atoms with Crippen molar-refractivity contribution in [3.63, 3.8) is 0 Å². The van der Waals surface area contributed by atoms with Gasteiger partial charge >= 0.3 is 0 Å². The van der Waals surface area contributed by atoms with Gasteiger partial charge in [-0.2, -0.15) is 0 Å². The summed E-state index contributed by atoms with van der Waals surface area (Å²) in [5.41, 5.74) is 3.99. The van der Waals surface area contributed by atoms with Crippen molar-refractivity contribution in [1.29, 1.82) is 0 Å². The van der Waals surface area contributed by atoms with Gasteiger partial charge in [0.05, 0.1) is 0 Å². The second-order valence-corrected chi connectivity index (χ2v) is 6.18. The smallest absolute Gasteiger partial charge is 0.123 e. The number of nitrogens with zero attached hydrogens (tertiary/aromatic N) is 1. The number of hydrogen-bond donors (Lipinski definition) is 0. The molecule has 1 aliphatic heterocycles. The van der Waals surface area contributed by atoms with E-state index >= 15 is 0 Å². The lowest BCUT2D eigenvalue weighted by atomic mass is 9.97. The Morgan fingerprint density at radius 1 is 1.15 bits per heavy atom. The molecular formula is C17H17BrFN. The summed E-state index contributed by atoms with van der Waals surface area (Å²) in [5.74, 6) is -0.172. The molecule has 0 fully saturated rings. The molecule has 0 spiro atoms. The number of rotatable bonds is 2. The van der Waals surface area contributed by atoms with Crippen molar-refractivity contribution in [2.45, 2.75) is 25.9 Å². The van der Waals surface area contributed by atoms with Crippen LogP contribution in [0.4, 0.5) is 4.39 Å². The second-order valence-electron chi connectivity index (χ2n) is 5.33. The highest BCUT2D eigenvalue weighted by Crippen LogP contribution is 2.31. The lowest BCUT2D eigenvalue weighted by Gasteiger charge is -2.34. The quantitative estimate of drug-likeness (QED) is 0.769. The van der Waals surface area contributed by atoms with Gasteiger partial charge in [-0.3, -0.25) is 4.90 Å². The fraction of sp³-hybridized carbons (Fsp3) is 0.294. The Bertz CT molecular complexity index is 609. The van der Waals surface area contributed by atoms with E-state index in [0.29, 0.717) is 6.04 Å². The predicted octanol–water partition coefficient (Wildman–Crippen LogP) is 4.71. The molecule has 1 atom stereocenters. The van der Waals surface area contributed by atoms with Gasteiger partial charge in [0, 0.05) is 23.6 Å². The Morgan fingerprint density at radius 3 is 2.65 bits per heavy atom. The Morgan fingerprint density at radius 2 is 1.90 bits per heavy atom. The third-order valence-electron chi connectivity index (χ3n) is 4.14. The minimum absolute atomic E-state index is 0.172. The lowest BCUT2D eigenvalue weighted by molar-refractivity contribution is 0.192. The molecule has 1 nitrogen and oxygen atoms in total. The van der Waals surface area contributed by atoms with Crippen LogP contribution in [0.5, 0.6) is 0 Å². The molecule has 3 heteroatoms. The van der Waals surface area contributed by atoms with Crippen LogP contribution < -0.4 is 0 Å². The summed E-state index contributed by atoms with van der Waals surface area (Å²) in [7, 11) is 0. The van der Waals surface area contributed by atoms with Gasteiger partial charge in [0.15, 0.2) is 0 Å². The Balaban J connectivity index is 1.81. The molecule has 1 heterocycles. The largest absolute Gasteiger partial charge is 0.292 e. The molecule has 2 aromatic carbocycles. The monoisotopic (exact) mass is 333 g/mol. The molecular weight excluding hydrogens is 317 g/mol. The van der Waals surface area contributed by atoms with Gasteiger partial charge in [-0.25, -0.2) is 4.39 Å². The summed E-state index contributed by atoms with van der Waals surface area (Å²) in [4.78, 5) is 2.45. The molecule has 0 aliphatic carbocycles. The van der Waals surface area contributed by atoms with Crippen molar-refractivity contribution >= 4 is 15.9 Å².